The van der Waals surface area contributed by atoms with Crippen molar-refractivity contribution >= 4 is 0 Å². The van der Waals surface area contributed by atoms with E-state index >= 15 is 0 Å². The van der Waals surface area contributed by atoms with Gasteiger partial charge in [0.25, 0.3) is 0 Å². The first-order chi connectivity index (χ1) is 15.5. The van der Waals surface area contributed by atoms with Crippen LogP contribution in [0.5, 0.6) is 0 Å². The van der Waals surface area contributed by atoms with E-state index in [1.54, 1.807) is 0 Å². The van der Waals surface area contributed by atoms with Crippen LogP contribution < -0.4 is 0 Å². The van der Waals surface area contributed by atoms with Gasteiger partial charge in [0.1, 0.15) is 0 Å². The van der Waals surface area contributed by atoms with Gasteiger partial charge in [0.15, 0.2) is 0 Å². The maximum Gasteiger partial charge on any atom is 0.0604 e. The van der Waals surface area contributed by atoms with Crippen molar-refractivity contribution in [2.75, 3.05) is 0 Å². The first-order valence-electron chi connectivity index (χ1n) is 14.9. The maximum absolute atomic E-state index is 10.7. The standard InChI is InChI=1S/C27H46O/c1-18(2)7-6-8-19(3)23-11-12-24-22-10-9-20-17-21(28)13-15-26(20,4)25(22)14-16-27(23,24)5/h9,18-19,21-25,28H,6-8,10-17H2,1-5H3/t19?,21-,22+,23?,24?,25?,26+,27-/m1/s1/i9D,13D2,17D2,21D. The Hall–Kier alpha value is -0.300. The first-order valence-corrected chi connectivity index (χ1v) is 11.9. The second-order valence-electron chi connectivity index (χ2n) is 11.4. The van der Waals surface area contributed by atoms with E-state index in [1.807, 2.05) is 6.92 Å². The minimum Gasteiger partial charge on any atom is -0.393 e. The lowest BCUT2D eigenvalue weighted by Gasteiger charge is -2.58. The zero-order chi connectivity index (χ0) is 25.5. The fourth-order valence-electron chi connectivity index (χ4n) is 7.83. The fraction of sp³-hybridized carbons (Fsp3) is 0.926. The van der Waals surface area contributed by atoms with Crippen molar-refractivity contribution in [1.29, 1.82) is 0 Å². The van der Waals surface area contributed by atoms with Gasteiger partial charge in [-0.15, -0.1) is 0 Å². The number of rotatable bonds is 5. The largest absolute Gasteiger partial charge is 0.393 e. The van der Waals surface area contributed by atoms with Crippen LogP contribution in [-0.2, 0) is 0 Å². The molecule has 0 radical (unpaired) electrons. The summed E-state index contributed by atoms with van der Waals surface area (Å²) < 4.78 is 51.4. The average Bonchev–Trinajstić information content (AvgIpc) is 3.03. The first kappa shape index (κ1) is 14.7. The summed E-state index contributed by atoms with van der Waals surface area (Å²) in [5.74, 6) is 2.95. The molecule has 0 amide bonds. The lowest BCUT2D eigenvalue weighted by Crippen LogP contribution is -2.50. The van der Waals surface area contributed by atoms with Crippen LogP contribution in [0.1, 0.15) is 113 Å². The molecular weight excluding hydrogens is 340 g/mol. The third-order valence-corrected chi connectivity index (χ3v) is 9.41. The number of hydrogen-bond acceptors (Lipinski definition) is 1. The Morgan fingerprint density at radius 3 is 2.71 bits per heavy atom. The molecule has 1 N–H and O–H groups in total. The highest BCUT2D eigenvalue weighted by Gasteiger charge is 2.59. The molecule has 4 rings (SSSR count). The van der Waals surface area contributed by atoms with Gasteiger partial charge in [-0.2, -0.15) is 0 Å². The van der Waals surface area contributed by atoms with Gasteiger partial charge in [0.05, 0.1) is 8.82 Å². The van der Waals surface area contributed by atoms with Gasteiger partial charge >= 0.3 is 0 Å². The van der Waals surface area contributed by atoms with Crippen molar-refractivity contribution in [2.45, 2.75) is 111 Å². The molecule has 1 heteroatoms. The summed E-state index contributed by atoms with van der Waals surface area (Å²) in [6.45, 7) is 11.4. The summed E-state index contributed by atoms with van der Waals surface area (Å²) in [7, 11) is 0. The third-order valence-electron chi connectivity index (χ3n) is 9.41. The molecule has 0 heterocycles. The Balaban J connectivity index is 1.65. The molecule has 4 aliphatic carbocycles. The van der Waals surface area contributed by atoms with Gasteiger partial charge in [-0.3, -0.25) is 0 Å². The molecule has 0 aromatic carbocycles. The minimum absolute atomic E-state index is 0.0865. The molecule has 8 atom stereocenters. The van der Waals surface area contributed by atoms with Crippen molar-refractivity contribution in [1.82, 2.24) is 0 Å². The topological polar surface area (TPSA) is 20.2 Å². The number of allylic oxidation sites excluding steroid dienone is 1. The van der Waals surface area contributed by atoms with Gasteiger partial charge in [0.2, 0.25) is 0 Å². The fourth-order valence-corrected chi connectivity index (χ4v) is 7.83. The van der Waals surface area contributed by atoms with Gasteiger partial charge in [0, 0.05) is 5.48 Å². The quantitative estimate of drug-likeness (QED) is 0.484. The summed E-state index contributed by atoms with van der Waals surface area (Å²) in [6, 6.07) is 0.215. The molecule has 4 aliphatic rings. The summed E-state index contributed by atoms with van der Waals surface area (Å²) >= 11 is 0. The van der Waals surface area contributed by atoms with Gasteiger partial charge in [-0.25, -0.2) is 0 Å². The molecule has 160 valence electrons. The van der Waals surface area contributed by atoms with E-state index in [0.29, 0.717) is 24.2 Å². The molecule has 4 unspecified atom stereocenters. The van der Waals surface area contributed by atoms with Crippen molar-refractivity contribution in [3.05, 3.63) is 11.6 Å². The highest BCUT2D eigenvalue weighted by molar-refractivity contribution is 5.25. The molecule has 3 saturated carbocycles. The smallest absolute Gasteiger partial charge is 0.0604 e. The van der Waals surface area contributed by atoms with Crippen LogP contribution in [0.15, 0.2) is 11.6 Å². The number of fused-ring (bicyclic) bond motifs is 5. The van der Waals surface area contributed by atoms with E-state index in [1.165, 1.54) is 25.7 Å². The van der Waals surface area contributed by atoms with Gasteiger partial charge < -0.3 is 5.11 Å². The maximum atomic E-state index is 10.7. The molecule has 0 aromatic heterocycles. The van der Waals surface area contributed by atoms with Gasteiger partial charge in [-0.1, -0.05) is 65.5 Å². The molecule has 0 bridgehead atoms. The average molecular weight is 393 g/mol. The minimum atomic E-state index is -2.89. The lowest BCUT2D eigenvalue weighted by molar-refractivity contribution is -0.0573. The Morgan fingerprint density at radius 1 is 1.18 bits per heavy atom. The summed E-state index contributed by atoms with van der Waals surface area (Å²) in [5.41, 5.74) is -0.396. The molecule has 1 nitrogen and oxygen atoms in total. The molecule has 0 aromatic rings. The van der Waals surface area contributed by atoms with E-state index in [9.17, 15) is 5.11 Å². The lowest BCUT2D eigenvalue weighted by atomic mass is 9.47. The van der Waals surface area contributed by atoms with Crippen molar-refractivity contribution in [3.63, 3.8) is 0 Å². The SMILES string of the molecule is [2H]C1=C2C([2H])([2H])[C@]([2H])(O)C([2H])([2H])C[C@]2(C)C2CC[C@]3(C)C(C(C)CCCC(C)C)CCC3[C@@H]2C1. The zero-order valence-corrected chi connectivity index (χ0v) is 18.8. The number of hydrogen-bond donors (Lipinski definition) is 1. The Bertz CT molecular complexity index is 835. The van der Waals surface area contributed by atoms with Crippen LogP contribution in [0.3, 0.4) is 0 Å². The monoisotopic (exact) mass is 392 g/mol. The van der Waals surface area contributed by atoms with Crippen LogP contribution in [0.4, 0.5) is 0 Å². The Kier molecular flexibility index (Phi) is 4.06. The summed E-state index contributed by atoms with van der Waals surface area (Å²) in [5, 5.41) is 10.7. The van der Waals surface area contributed by atoms with Crippen LogP contribution in [0, 0.1) is 46.3 Å². The predicted molar refractivity (Wildman–Crippen MR) is 119 cm³/mol. The third kappa shape index (κ3) is 3.42. The molecular formula is C27H46O. The van der Waals surface area contributed by atoms with E-state index in [4.69, 9.17) is 8.22 Å². The van der Waals surface area contributed by atoms with Gasteiger partial charge in [-0.05, 0) is 97.6 Å². The van der Waals surface area contributed by atoms with Crippen LogP contribution in [0.2, 0.25) is 0 Å². The molecule has 3 fully saturated rings. The second kappa shape index (κ2) is 7.75. The van der Waals surface area contributed by atoms with Crippen molar-refractivity contribution in [3.8, 4) is 0 Å². The second-order valence-corrected chi connectivity index (χ2v) is 11.4. The van der Waals surface area contributed by atoms with Crippen LogP contribution in [0.25, 0.3) is 0 Å². The number of aliphatic hydroxyl groups is 1. The molecule has 0 spiro atoms. The Morgan fingerprint density at radius 2 is 1.96 bits per heavy atom. The highest BCUT2D eigenvalue weighted by Crippen LogP contribution is 2.67. The zero-order valence-electron chi connectivity index (χ0n) is 24.8. The predicted octanol–water partition coefficient (Wildman–Crippen LogP) is 7.39. The summed E-state index contributed by atoms with van der Waals surface area (Å²) in [4.78, 5) is 0. The highest BCUT2D eigenvalue weighted by atomic mass is 16.3. The van der Waals surface area contributed by atoms with Crippen LogP contribution in [-0.4, -0.2) is 11.2 Å². The van der Waals surface area contributed by atoms with Crippen LogP contribution >= 0.6 is 0 Å². The van der Waals surface area contributed by atoms with E-state index < -0.39 is 24.2 Å². The van der Waals surface area contributed by atoms with E-state index in [-0.39, 0.29) is 35.3 Å². The molecule has 0 aliphatic heterocycles. The normalized spacial score (nSPS) is 56.2. The van der Waals surface area contributed by atoms with Crippen molar-refractivity contribution < 1.29 is 13.3 Å². The van der Waals surface area contributed by atoms with E-state index in [0.717, 1.165) is 25.2 Å². The Labute approximate surface area is 183 Å². The molecule has 0 saturated heterocycles. The summed E-state index contributed by atoms with van der Waals surface area (Å²) in [6.07, 6.45) is 0.782. The molecule has 28 heavy (non-hydrogen) atoms. The van der Waals surface area contributed by atoms with E-state index in [2.05, 4.69) is 27.7 Å². The van der Waals surface area contributed by atoms with Crippen molar-refractivity contribution in [2.24, 2.45) is 46.3 Å².